The largest absolute Gasteiger partial charge is 0.298 e. The first-order valence-electron chi connectivity index (χ1n) is 8.55. The Balaban J connectivity index is 1.48. The van der Waals surface area contributed by atoms with Gasteiger partial charge in [0, 0.05) is 44.1 Å². The van der Waals surface area contributed by atoms with E-state index in [4.69, 9.17) is 0 Å². The molecule has 1 fully saturated rings. The monoisotopic (exact) mass is 379 g/mol. The minimum atomic E-state index is -3.46. The van der Waals surface area contributed by atoms with E-state index in [1.807, 2.05) is 30.3 Å². The van der Waals surface area contributed by atoms with E-state index in [1.165, 1.54) is 9.18 Å². The molecule has 3 rings (SSSR count). The molecule has 25 heavy (non-hydrogen) atoms. The van der Waals surface area contributed by atoms with Crippen molar-refractivity contribution in [3.63, 3.8) is 0 Å². The summed E-state index contributed by atoms with van der Waals surface area (Å²) in [4.78, 5) is 3.76. The third-order valence-corrected chi connectivity index (χ3v) is 6.96. The van der Waals surface area contributed by atoms with Crippen LogP contribution in [0.15, 0.2) is 47.8 Å². The second-order valence-corrected chi connectivity index (χ2v) is 9.34. The lowest BCUT2D eigenvalue weighted by atomic mass is 10.1. The van der Waals surface area contributed by atoms with E-state index in [9.17, 15) is 8.42 Å². The quantitative estimate of drug-likeness (QED) is 0.805. The molecule has 1 aliphatic heterocycles. The zero-order valence-corrected chi connectivity index (χ0v) is 16.1. The minimum Gasteiger partial charge on any atom is -0.298 e. The first kappa shape index (κ1) is 18.5. The van der Waals surface area contributed by atoms with Gasteiger partial charge in [0.15, 0.2) is 0 Å². The molecule has 7 heteroatoms. The van der Waals surface area contributed by atoms with Gasteiger partial charge in [0.25, 0.3) is 10.2 Å². The van der Waals surface area contributed by atoms with Gasteiger partial charge in [-0.05, 0) is 29.9 Å². The highest BCUT2D eigenvalue weighted by Crippen LogP contribution is 2.18. The molecule has 0 spiro atoms. The number of hydrogen-bond acceptors (Lipinski definition) is 4. The van der Waals surface area contributed by atoms with Gasteiger partial charge in [-0.3, -0.25) is 4.90 Å². The van der Waals surface area contributed by atoms with Crippen molar-refractivity contribution in [1.29, 1.82) is 0 Å². The van der Waals surface area contributed by atoms with Crippen molar-refractivity contribution in [1.82, 2.24) is 13.9 Å². The Morgan fingerprint density at radius 2 is 1.88 bits per heavy atom. The van der Waals surface area contributed by atoms with Crippen molar-refractivity contribution in [3.05, 3.63) is 58.3 Å². The third-order valence-electron chi connectivity index (χ3n) is 4.52. The van der Waals surface area contributed by atoms with Crippen LogP contribution >= 0.6 is 11.3 Å². The molecule has 0 unspecified atom stereocenters. The Morgan fingerprint density at radius 3 is 2.52 bits per heavy atom. The average Bonchev–Trinajstić information content (AvgIpc) is 3.10. The molecule has 2 aromatic rings. The first-order valence-corrected chi connectivity index (χ1v) is 10.9. The lowest BCUT2D eigenvalue weighted by molar-refractivity contribution is 0.200. The van der Waals surface area contributed by atoms with Crippen molar-refractivity contribution in [2.45, 2.75) is 32.0 Å². The zero-order chi connectivity index (χ0) is 17.7. The molecule has 5 nitrogen and oxygen atoms in total. The van der Waals surface area contributed by atoms with E-state index in [0.717, 1.165) is 38.0 Å². The highest BCUT2D eigenvalue weighted by molar-refractivity contribution is 7.87. The van der Waals surface area contributed by atoms with Crippen LogP contribution in [-0.2, 0) is 23.3 Å². The van der Waals surface area contributed by atoms with Gasteiger partial charge in [-0.25, -0.2) is 0 Å². The number of rotatable bonds is 7. The number of nitrogens with zero attached hydrogens (tertiary/aromatic N) is 2. The number of likely N-dealkylation sites (tertiary alicyclic amines) is 1. The molecule has 1 saturated heterocycles. The number of thiophene rings is 1. The molecule has 0 bridgehead atoms. The van der Waals surface area contributed by atoms with Crippen molar-refractivity contribution < 1.29 is 8.42 Å². The van der Waals surface area contributed by atoms with E-state index in [0.29, 0.717) is 6.54 Å². The summed E-state index contributed by atoms with van der Waals surface area (Å²) < 4.78 is 29.3. The average molecular weight is 380 g/mol. The molecular formula is C18H25N3O2S2. The number of hydrogen-bond donors (Lipinski definition) is 1. The second-order valence-electron chi connectivity index (χ2n) is 6.49. The van der Waals surface area contributed by atoms with E-state index in [1.54, 1.807) is 18.4 Å². The van der Waals surface area contributed by atoms with Gasteiger partial charge in [-0.2, -0.15) is 17.4 Å². The fourth-order valence-corrected chi connectivity index (χ4v) is 4.96. The lowest BCUT2D eigenvalue weighted by Crippen LogP contribution is -2.48. The van der Waals surface area contributed by atoms with Crippen molar-refractivity contribution in [2.75, 3.05) is 20.1 Å². The lowest BCUT2D eigenvalue weighted by Gasteiger charge is -2.32. The topological polar surface area (TPSA) is 52.7 Å². The summed E-state index contributed by atoms with van der Waals surface area (Å²) in [6.45, 7) is 3.19. The van der Waals surface area contributed by atoms with Gasteiger partial charge in [-0.15, -0.1) is 11.3 Å². The highest BCUT2D eigenvalue weighted by atomic mass is 32.2. The van der Waals surface area contributed by atoms with Crippen molar-refractivity contribution in [2.24, 2.45) is 0 Å². The first-order chi connectivity index (χ1) is 12.0. The molecule has 136 valence electrons. The Labute approximate surface area is 154 Å². The van der Waals surface area contributed by atoms with Crippen LogP contribution in [0.5, 0.6) is 0 Å². The number of benzene rings is 1. The summed E-state index contributed by atoms with van der Waals surface area (Å²) in [6.07, 6.45) is 1.70. The van der Waals surface area contributed by atoms with E-state index >= 15 is 0 Å². The van der Waals surface area contributed by atoms with Crippen LogP contribution in [-0.4, -0.2) is 43.8 Å². The maximum absolute atomic E-state index is 12.5. The Bertz CT molecular complexity index is 740. The van der Waals surface area contributed by atoms with Gasteiger partial charge in [0.05, 0.1) is 0 Å². The van der Waals surface area contributed by atoms with Crippen LogP contribution in [0.4, 0.5) is 0 Å². The highest BCUT2D eigenvalue weighted by Gasteiger charge is 2.26. The minimum absolute atomic E-state index is 0.0165. The molecule has 1 N–H and O–H groups in total. The predicted molar refractivity (Wildman–Crippen MR) is 103 cm³/mol. The van der Waals surface area contributed by atoms with Crippen molar-refractivity contribution in [3.8, 4) is 0 Å². The normalized spacial score (nSPS) is 17.2. The van der Waals surface area contributed by atoms with Crippen LogP contribution in [0.25, 0.3) is 0 Å². The SMILES string of the molecule is CN(Cc1ccccc1)S(=O)(=O)NC1CCN(Cc2cccs2)CC1. The van der Waals surface area contributed by atoms with Crippen LogP contribution < -0.4 is 4.72 Å². The van der Waals surface area contributed by atoms with Crippen LogP contribution in [0.2, 0.25) is 0 Å². The Kier molecular flexibility index (Phi) is 6.24. The summed E-state index contributed by atoms with van der Waals surface area (Å²) >= 11 is 1.77. The smallest absolute Gasteiger partial charge is 0.279 e. The van der Waals surface area contributed by atoms with Crippen LogP contribution in [0.3, 0.4) is 0 Å². The second kappa shape index (κ2) is 8.42. The summed E-state index contributed by atoms with van der Waals surface area (Å²) in [5, 5.41) is 2.10. The van der Waals surface area contributed by atoms with Gasteiger partial charge in [0.1, 0.15) is 0 Å². The summed E-state index contributed by atoms with van der Waals surface area (Å²) in [5.41, 5.74) is 0.987. The number of piperidine rings is 1. The van der Waals surface area contributed by atoms with Crippen LogP contribution in [0.1, 0.15) is 23.3 Å². The summed E-state index contributed by atoms with van der Waals surface area (Å²) in [7, 11) is -1.83. The van der Waals surface area contributed by atoms with Gasteiger partial charge in [0.2, 0.25) is 0 Å². The molecule has 0 saturated carbocycles. The standard InChI is InChI=1S/C18H25N3O2S2/c1-20(14-16-6-3-2-4-7-16)25(22,23)19-17-9-11-21(12-10-17)15-18-8-5-13-24-18/h2-8,13,17,19H,9-12,14-15H2,1H3. The summed E-state index contributed by atoms with van der Waals surface area (Å²) in [5.74, 6) is 0. The van der Waals surface area contributed by atoms with Gasteiger partial charge < -0.3 is 0 Å². The Morgan fingerprint density at radius 1 is 1.16 bits per heavy atom. The molecule has 0 radical (unpaired) electrons. The van der Waals surface area contributed by atoms with Gasteiger partial charge >= 0.3 is 0 Å². The molecule has 1 aromatic heterocycles. The van der Waals surface area contributed by atoms with E-state index in [2.05, 4.69) is 27.1 Å². The number of nitrogens with one attached hydrogen (secondary N) is 1. The maximum atomic E-state index is 12.5. The van der Waals surface area contributed by atoms with Crippen molar-refractivity contribution >= 4 is 21.5 Å². The fourth-order valence-electron chi connectivity index (χ4n) is 3.06. The molecule has 0 aliphatic carbocycles. The maximum Gasteiger partial charge on any atom is 0.279 e. The van der Waals surface area contributed by atoms with Crippen LogP contribution in [0, 0.1) is 0 Å². The molecule has 0 atom stereocenters. The Hall–Kier alpha value is -1.25. The van der Waals surface area contributed by atoms with E-state index in [-0.39, 0.29) is 6.04 Å². The predicted octanol–water partition coefficient (Wildman–Crippen LogP) is 2.68. The third kappa shape index (κ3) is 5.36. The molecular weight excluding hydrogens is 354 g/mol. The van der Waals surface area contributed by atoms with Gasteiger partial charge in [-0.1, -0.05) is 36.4 Å². The zero-order valence-electron chi connectivity index (χ0n) is 14.5. The molecule has 1 aromatic carbocycles. The molecule has 1 aliphatic rings. The molecule has 0 amide bonds. The fraction of sp³-hybridized carbons (Fsp3) is 0.444. The summed E-state index contributed by atoms with van der Waals surface area (Å²) in [6, 6.07) is 13.9. The van der Waals surface area contributed by atoms with E-state index < -0.39 is 10.2 Å². The molecule has 2 heterocycles.